The highest BCUT2D eigenvalue weighted by atomic mass is 32.1. The second-order valence-electron chi connectivity index (χ2n) is 6.17. The van der Waals surface area contributed by atoms with E-state index in [2.05, 4.69) is 10.4 Å². The number of carbonyl (C=O) groups excluding carboxylic acids is 2. The molecule has 2 amide bonds. The second kappa shape index (κ2) is 7.46. The molecule has 2 aromatic heterocycles. The number of hydrogen-bond donors (Lipinski definition) is 1. The van der Waals surface area contributed by atoms with E-state index in [0.717, 1.165) is 21.8 Å². The largest absolute Gasteiger partial charge is 0.326 e. The van der Waals surface area contributed by atoms with Gasteiger partial charge in [-0.2, -0.15) is 5.10 Å². The molecule has 1 aliphatic heterocycles. The van der Waals surface area contributed by atoms with E-state index < -0.39 is 0 Å². The molecule has 1 N–H and O–H groups in total. The Hall–Kier alpha value is -2.77. The molecule has 136 valence electrons. The molecule has 0 saturated heterocycles. The fourth-order valence-corrected chi connectivity index (χ4v) is 4.53. The summed E-state index contributed by atoms with van der Waals surface area (Å²) in [6.07, 6.45) is 0.640. The van der Waals surface area contributed by atoms with Crippen LogP contribution in [0.4, 0.5) is 5.69 Å². The lowest BCUT2D eigenvalue weighted by Crippen LogP contribution is -2.25. The molecule has 5 nitrogen and oxygen atoms in total. The maximum Gasteiger partial charge on any atom is 0.284 e. The van der Waals surface area contributed by atoms with E-state index in [1.165, 1.54) is 18.3 Å². The molecule has 0 unspecified atom stereocenters. The van der Waals surface area contributed by atoms with Crippen LogP contribution in [0.2, 0.25) is 0 Å². The zero-order chi connectivity index (χ0) is 18.8. The van der Waals surface area contributed by atoms with Crippen molar-refractivity contribution >= 4 is 45.9 Å². The molecule has 0 saturated carbocycles. The minimum atomic E-state index is -0.119. The van der Waals surface area contributed by atoms with Gasteiger partial charge in [-0.25, -0.2) is 5.01 Å². The highest BCUT2D eigenvalue weighted by molar-refractivity contribution is 7.12. The lowest BCUT2D eigenvalue weighted by molar-refractivity contribution is -0.114. The summed E-state index contributed by atoms with van der Waals surface area (Å²) in [5.41, 5.74) is 2.47. The third kappa shape index (κ3) is 3.70. The molecule has 0 radical (unpaired) electrons. The number of carbonyl (C=O) groups is 2. The fourth-order valence-electron chi connectivity index (χ4n) is 3.07. The Labute approximate surface area is 165 Å². The number of nitrogens with one attached hydrogen (secondary N) is 1. The lowest BCUT2D eigenvalue weighted by Gasteiger charge is -2.19. The standard InChI is InChI=1S/C20H17N3O2S2/c1-13(24)21-15-6-2-5-14(11-15)16-12-17(18-7-3-9-26-18)23(22-16)20(25)19-8-4-10-27-19/h2-11,17H,12H2,1H3,(H,21,24)/t17-/m0/s1. The van der Waals surface area contributed by atoms with Crippen molar-refractivity contribution in [2.75, 3.05) is 5.32 Å². The topological polar surface area (TPSA) is 61.8 Å². The maximum absolute atomic E-state index is 13.0. The number of hydrogen-bond acceptors (Lipinski definition) is 5. The Morgan fingerprint density at radius 2 is 1.93 bits per heavy atom. The second-order valence-corrected chi connectivity index (χ2v) is 8.10. The fraction of sp³-hybridized carbons (Fsp3) is 0.150. The van der Waals surface area contributed by atoms with Gasteiger partial charge in [-0.3, -0.25) is 9.59 Å². The molecular formula is C20H17N3O2S2. The zero-order valence-electron chi connectivity index (χ0n) is 14.6. The summed E-state index contributed by atoms with van der Waals surface area (Å²) in [5.74, 6) is -0.206. The van der Waals surface area contributed by atoms with Crippen LogP contribution in [0.5, 0.6) is 0 Å². The van der Waals surface area contributed by atoms with Crippen molar-refractivity contribution in [2.24, 2.45) is 5.10 Å². The molecule has 7 heteroatoms. The molecule has 0 spiro atoms. The molecule has 1 aliphatic rings. The van der Waals surface area contributed by atoms with Crippen molar-refractivity contribution in [3.8, 4) is 0 Å². The van der Waals surface area contributed by atoms with E-state index in [4.69, 9.17) is 0 Å². The molecule has 4 rings (SSSR count). The smallest absolute Gasteiger partial charge is 0.284 e. The summed E-state index contributed by atoms with van der Waals surface area (Å²) in [5, 5.41) is 13.0. The summed E-state index contributed by atoms with van der Waals surface area (Å²) >= 11 is 3.05. The van der Waals surface area contributed by atoms with E-state index in [1.807, 2.05) is 59.3 Å². The monoisotopic (exact) mass is 395 g/mol. The summed E-state index contributed by atoms with van der Waals surface area (Å²) in [4.78, 5) is 26.1. The van der Waals surface area contributed by atoms with Gasteiger partial charge in [0.15, 0.2) is 0 Å². The highest BCUT2D eigenvalue weighted by Gasteiger charge is 2.34. The van der Waals surface area contributed by atoms with Crippen LogP contribution in [0.1, 0.15) is 39.5 Å². The summed E-state index contributed by atoms with van der Waals surface area (Å²) < 4.78 is 0. The van der Waals surface area contributed by atoms with Crippen LogP contribution in [-0.4, -0.2) is 22.5 Å². The van der Waals surface area contributed by atoms with Gasteiger partial charge < -0.3 is 5.32 Å². The Morgan fingerprint density at radius 3 is 2.63 bits per heavy atom. The number of thiophene rings is 2. The van der Waals surface area contributed by atoms with Gasteiger partial charge >= 0.3 is 0 Å². The summed E-state index contributed by atoms with van der Waals surface area (Å²) in [6, 6.07) is 15.2. The minimum Gasteiger partial charge on any atom is -0.326 e. The predicted octanol–water partition coefficient (Wildman–Crippen LogP) is 4.76. The summed E-state index contributed by atoms with van der Waals surface area (Å²) in [7, 11) is 0. The molecule has 0 fully saturated rings. The first-order chi connectivity index (χ1) is 13.1. The number of hydrazone groups is 1. The van der Waals surface area contributed by atoms with Gasteiger partial charge in [0.25, 0.3) is 5.91 Å². The molecule has 3 heterocycles. The SMILES string of the molecule is CC(=O)Nc1cccc(C2=NN(C(=O)c3cccs3)[C@H](c3cccs3)C2)c1. The van der Waals surface area contributed by atoms with Crippen LogP contribution in [-0.2, 0) is 4.79 Å². The number of nitrogens with zero attached hydrogens (tertiary/aromatic N) is 2. The zero-order valence-corrected chi connectivity index (χ0v) is 16.2. The summed E-state index contributed by atoms with van der Waals surface area (Å²) in [6.45, 7) is 1.48. The first-order valence-corrected chi connectivity index (χ1v) is 10.2. The van der Waals surface area contributed by atoms with E-state index in [-0.39, 0.29) is 17.9 Å². The van der Waals surface area contributed by atoms with Crippen molar-refractivity contribution in [1.82, 2.24) is 5.01 Å². The third-order valence-corrected chi connectivity index (χ3v) is 6.07. The van der Waals surface area contributed by atoms with Crippen LogP contribution in [0.25, 0.3) is 0 Å². The minimum absolute atomic E-state index is 0.0867. The Morgan fingerprint density at radius 1 is 1.11 bits per heavy atom. The number of amides is 2. The van der Waals surface area contributed by atoms with Gasteiger partial charge in [-0.05, 0) is 40.6 Å². The molecular weight excluding hydrogens is 378 g/mol. The average Bonchev–Trinajstić information content (AvgIpc) is 3.41. The number of rotatable bonds is 4. The Balaban J connectivity index is 1.68. The molecule has 27 heavy (non-hydrogen) atoms. The van der Waals surface area contributed by atoms with Gasteiger partial charge in [0, 0.05) is 23.9 Å². The van der Waals surface area contributed by atoms with Crippen LogP contribution in [0.3, 0.4) is 0 Å². The maximum atomic E-state index is 13.0. The number of anilines is 1. The van der Waals surface area contributed by atoms with Crippen LogP contribution < -0.4 is 5.32 Å². The van der Waals surface area contributed by atoms with Crippen LogP contribution in [0.15, 0.2) is 64.4 Å². The van der Waals surface area contributed by atoms with Crippen molar-refractivity contribution in [3.05, 3.63) is 74.6 Å². The van der Waals surface area contributed by atoms with E-state index >= 15 is 0 Å². The Bertz CT molecular complexity index is 994. The molecule has 1 atom stereocenters. The molecule has 3 aromatic rings. The van der Waals surface area contributed by atoms with Crippen molar-refractivity contribution in [2.45, 2.75) is 19.4 Å². The van der Waals surface area contributed by atoms with Gasteiger partial charge in [0.2, 0.25) is 5.91 Å². The van der Waals surface area contributed by atoms with E-state index in [1.54, 1.807) is 16.3 Å². The van der Waals surface area contributed by atoms with Crippen molar-refractivity contribution < 1.29 is 9.59 Å². The highest BCUT2D eigenvalue weighted by Crippen LogP contribution is 2.36. The van der Waals surface area contributed by atoms with Gasteiger partial charge in [-0.15, -0.1) is 22.7 Å². The predicted molar refractivity (Wildman–Crippen MR) is 109 cm³/mol. The quantitative estimate of drug-likeness (QED) is 0.692. The van der Waals surface area contributed by atoms with Gasteiger partial charge in [0.1, 0.15) is 0 Å². The van der Waals surface area contributed by atoms with Crippen LogP contribution in [0, 0.1) is 0 Å². The van der Waals surface area contributed by atoms with Crippen molar-refractivity contribution in [1.29, 1.82) is 0 Å². The van der Waals surface area contributed by atoms with Gasteiger partial charge in [-0.1, -0.05) is 24.3 Å². The normalized spacial score (nSPS) is 16.3. The Kier molecular flexibility index (Phi) is 4.87. The molecule has 0 bridgehead atoms. The lowest BCUT2D eigenvalue weighted by atomic mass is 10.0. The van der Waals surface area contributed by atoms with E-state index in [9.17, 15) is 9.59 Å². The molecule has 0 aliphatic carbocycles. The van der Waals surface area contributed by atoms with Crippen molar-refractivity contribution in [3.63, 3.8) is 0 Å². The first kappa shape index (κ1) is 17.6. The number of benzene rings is 1. The third-order valence-electron chi connectivity index (χ3n) is 4.24. The van der Waals surface area contributed by atoms with Crippen LogP contribution >= 0.6 is 22.7 Å². The first-order valence-electron chi connectivity index (χ1n) is 8.48. The molecule has 1 aromatic carbocycles. The average molecular weight is 396 g/mol. The van der Waals surface area contributed by atoms with Gasteiger partial charge in [0.05, 0.1) is 16.6 Å². The van der Waals surface area contributed by atoms with E-state index in [0.29, 0.717) is 11.3 Å².